The van der Waals surface area contributed by atoms with E-state index in [-0.39, 0.29) is 6.42 Å². The summed E-state index contributed by atoms with van der Waals surface area (Å²) in [6, 6.07) is 8.72. The smallest absolute Gasteiger partial charge is 0.309 e. The number of rotatable bonds is 3. The lowest BCUT2D eigenvalue weighted by Crippen LogP contribution is -2.05. The Kier molecular flexibility index (Phi) is 3.41. The molecule has 2 aromatic heterocycles. The molecule has 112 valence electrons. The van der Waals surface area contributed by atoms with Crippen molar-refractivity contribution in [2.45, 2.75) is 20.3 Å². The largest absolute Gasteiger partial charge is 0.481 e. The molecule has 0 aliphatic rings. The Morgan fingerprint density at radius 3 is 2.68 bits per heavy atom. The maximum Gasteiger partial charge on any atom is 0.309 e. The van der Waals surface area contributed by atoms with Gasteiger partial charge in [-0.1, -0.05) is 12.1 Å². The minimum absolute atomic E-state index is 0.215. The summed E-state index contributed by atoms with van der Waals surface area (Å²) in [6.45, 7) is 4.00. The van der Waals surface area contributed by atoms with Gasteiger partial charge in [-0.3, -0.25) is 9.20 Å². The van der Waals surface area contributed by atoms with Gasteiger partial charge < -0.3 is 5.11 Å². The fourth-order valence-corrected chi connectivity index (χ4v) is 2.50. The number of fused-ring (bicyclic) bond motifs is 1. The van der Waals surface area contributed by atoms with Gasteiger partial charge >= 0.3 is 5.97 Å². The van der Waals surface area contributed by atoms with Crippen LogP contribution in [0.4, 0.5) is 4.39 Å². The lowest BCUT2D eigenvalue weighted by Gasteiger charge is -2.06. The predicted molar refractivity (Wildman–Crippen MR) is 81.4 cm³/mol. The lowest BCUT2D eigenvalue weighted by molar-refractivity contribution is -0.136. The summed E-state index contributed by atoms with van der Waals surface area (Å²) in [5.74, 6) is -1.40. The molecule has 22 heavy (non-hydrogen) atoms. The van der Waals surface area contributed by atoms with Crippen molar-refractivity contribution < 1.29 is 14.3 Å². The number of imidazole rings is 1. The predicted octanol–water partition coefficient (Wildman–Crippen LogP) is 3.38. The van der Waals surface area contributed by atoms with Gasteiger partial charge in [-0.2, -0.15) is 0 Å². The monoisotopic (exact) mass is 298 g/mol. The molecule has 0 saturated carbocycles. The molecule has 3 aromatic rings. The molecule has 0 spiro atoms. The van der Waals surface area contributed by atoms with Crippen molar-refractivity contribution in [3.05, 3.63) is 59.2 Å². The maximum absolute atomic E-state index is 13.5. The van der Waals surface area contributed by atoms with Gasteiger partial charge in [-0.25, -0.2) is 9.37 Å². The number of carbonyl (C=O) groups is 1. The van der Waals surface area contributed by atoms with E-state index in [0.29, 0.717) is 17.0 Å². The highest BCUT2D eigenvalue weighted by molar-refractivity contribution is 5.76. The second-order valence-corrected chi connectivity index (χ2v) is 5.35. The van der Waals surface area contributed by atoms with Gasteiger partial charge in [-0.15, -0.1) is 0 Å². The van der Waals surface area contributed by atoms with Crippen LogP contribution in [-0.2, 0) is 11.2 Å². The first-order valence-electron chi connectivity index (χ1n) is 6.91. The fourth-order valence-electron chi connectivity index (χ4n) is 2.50. The number of aryl methyl sites for hydroxylation is 2. The standard InChI is InChI=1S/C17H15FN2O2/c1-10-3-4-12(7-11(10)2)17-14(8-16(21)22)20-9-13(18)5-6-15(20)19-17/h3-7,9H,8H2,1-2H3,(H,21,22). The lowest BCUT2D eigenvalue weighted by atomic mass is 10.0. The molecule has 0 radical (unpaired) electrons. The molecule has 0 saturated heterocycles. The van der Waals surface area contributed by atoms with Crippen LogP contribution in [0, 0.1) is 19.7 Å². The molecule has 5 heteroatoms. The average Bonchev–Trinajstić information content (AvgIpc) is 2.79. The highest BCUT2D eigenvalue weighted by atomic mass is 19.1. The Balaban J connectivity index is 2.27. The van der Waals surface area contributed by atoms with Gasteiger partial charge in [0.25, 0.3) is 0 Å². The van der Waals surface area contributed by atoms with E-state index in [2.05, 4.69) is 4.98 Å². The molecule has 0 bridgehead atoms. The number of nitrogens with zero attached hydrogens (tertiary/aromatic N) is 2. The number of hydrogen-bond donors (Lipinski definition) is 1. The summed E-state index contributed by atoms with van der Waals surface area (Å²) in [5.41, 5.74) is 4.68. The minimum atomic E-state index is -0.976. The zero-order chi connectivity index (χ0) is 15.9. The van der Waals surface area contributed by atoms with E-state index in [1.54, 1.807) is 6.07 Å². The quantitative estimate of drug-likeness (QED) is 0.806. The van der Waals surface area contributed by atoms with Crippen LogP contribution in [-0.4, -0.2) is 20.5 Å². The van der Waals surface area contributed by atoms with E-state index >= 15 is 0 Å². The summed E-state index contributed by atoms with van der Waals surface area (Å²) in [6.07, 6.45) is 1.05. The van der Waals surface area contributed by atoms with Gasteiger partial charge in [0.05, 0.1) is 17.8 Å². The van der Waals surface area contributed by atoms with Crippen LogP contribution in [0.15, 0.2) is 36.5 Å². The Morgan fingerprint density at radius 1 is 1.23 bits per heavy atom. The maximum atomic E-state index is 13.5. The molecule has 4 nitrogen and oxygen atoms in total. The van der Waals surface area contributed by atoms with E-state index in [1.165, 1.54) is 16.7 Å². The summed E-state index contributed by atoms with van der Waals surface area (Å²) < 4.78 is 15.0. The van der Waals surface area contributed by atoms with Crippen molar-refractivity contribution in [1.82, 2.24) is 9.38 Å². The van der Waals surface area contributed by atoms with E-state index in [1.807, 2.05) is 32.0 Å². The summed E-state index contributed by atoms with van der Waals surface area (Å²) in [5, 5.41) is 9.15. The van der Waals surface area contributed by atoms with Gasteiger partial charge in [0.1, 0.15) is 11.5 Å². The number of hydrogen-bond acceptors (Lipinski definition) is 2. The zero-order valence-corrected chi connectivity index (χ0v) is 12.3. The van der Waals surface area contributed by atoms with Crippen LogP contribution in [0.3, 0.4) is 0 Å². The molecule has 0 fully saturated rings. The van der Waals surface area contributed by atoms with Crippen LogP contribution in [0.5, 0.6) is 0 Å². The van der Waals surface area contributed by atoms with Gasteiger partial charge in [-0.05, 0) is 43.2 Å². The van der Waals surface area contributed by atoms with Crippen molar-refractivity contribution in [2.24, 2.45) is 0 Å². The van der Waals surface area contributed by atoms with E-state index in [9.17, 15) is 9.18 Å². The Morgan fingerprint density at radius 2 is 2.00 bits per heavy atom. The first kappa shape index (κ1) is 14.3. The molecule has 0 aliphatic heterocycles. The first-order chi connectivity index (χ1) is 10.5. The van der Waals surface area contributed by atoms with Crippen molar-refractivity contribution in [3.8, 4) is 11.3 Å². The number of halogens is 1. The third kappa shape index (κ3) is 2.45. The number of benzene rings is 1. The molecule has 1 N–H and O–H groups in total. The van der Waals surface area contributed by atoms with Crippen molar-refractivity contribution in [1.29, 1.82) is 0 Å². The normalized spacial score (nSPS) is 11.0. The third-order valence-corrected chi connectivity index (χ3v) is 3.78. The SMILES string of the molecule is Cc1ccc(-c2nc3ccc(F)cn3c2CC(=O)O)cc1C. The molecule has 0 atom stereocenters. The van der Waals surface area contributed by atoms with Gasteiger partial charge in [0.2, 0.25) is 0 Å². The van der Waals surface area contributed by atoms with E-state index in [4.69, 9.17) is 5.11 Å². The van der Waals surface area contributed by atoms with E-state index < -0.39 is 11.8 Å². The number of carboxylic acid groups (broad SMARTS) is 1. The van der Waals surface area contributed by atoms with Crippen LogP contribution in [0.25, 0.3) is 16.9 Å². The number of pyridine rings is 1. The fraction of sp³-hybridized carbons (Fsp3) is 0.176. The second-order valence-electron chi connectivity index (χ2n) is 5.35. The molecule has 3 rings (SSSR count). The van der Waals surface area contributed by atoms with Crippen LogP contribution >= 0.6 is 0 Å². The van der Waals surface area contributed by atoms with Crippen LogP contribution in [0.2, 0.25) is 0 Å². The molecule has 0 aliphatic carbocycles. The number of aliphatic carboxylic acids is 1. The molecular formula is C17H15FN2O2. The topological polar surface area (TPSA) is 54.6 Å². The summed E-state index contributed by atoms with van der Waals surface area (Å²) >= 11 is 0. The summed E-state index contributed by atoms with van der Waals surface area (Å²) in [7, 11) is 0. The number of aromatic nitrogens is 2. The third-order valence-electron chi connectivity index (χ3n) is 3.78. The van der Waals surface area contributed by atoms with Gasteiger partial charge in [0, 0.05) is 11.8 Å². The average molecular weight is 298 g/mol. The highest BCUT2D eigenvalue weighted by Gasteiger charge is 2.17. The zero-order valence-electron chi connectivity index (χ0n) is 12.3. The molecule has 0 amide bonds. The highest BCUT2D eigenvalue weighted by Crippen LogP contribution is 2.27. The van der Waals surface area contributed by atoms with E-state index in [0.717, 1.165) is 16.7 Å². The van der Waals surface area contributed by atoms with Crippen molar-refractivity contribution in [3.63, 3.8) is 0 Å². The summed E-state index contributed by atoms with van der Waals surface area (Å²) in [4.78, 5) is 15.6. The molecule has 1 aromatic carbocycles. The number of carboxylic acids is 1. The second kappa shape index (κ2) is 5.26. The molecule has 0 unspecified atom stereocenters. The molecular weight excluding hydrogens is 283 g/mol. The Labute approximate surface area is 126 Å². The Hall–Kier alpha value is -2.69. The van der Waals surface area contributed by atoms with Crippen LogP contribution < -0.4 is 0 Å². The minimum Gasteiger partial charge on any atom is -0.481 e. The van der Waals surface area contributed by atoms with Crippen LogP contribution in [0.1, 0.15) is 16.8 Å². The van der Waals surface area contributed by atoms with Crippen molar-refractivity contribution in [2.75, 3.05) is 0 Å². The first-order valence-corrected chi connectivity index (χ1v) is 6.91. The molecule has 2 heterocycles. The Bertz CT molecular complexity index is 884. The van der Waals surface area contributed by atoms with Crippen molar-refractivity contribution >= 4 is 11.6 Å². The van der Waals surface area contributed by atoms with Gasteiger partial charge in [0.15, 0.2) is 0 Å².